The number of rotatable bonds is 2. The van der Waals surface area contributed by atoms with Crippen LogP contribution >= 0.6 is 0 Å². The number of fused-ring (bicyclic) bond motifs is 1. The number of amides is 1. The molecule has 0 radical (unpaired) electrons. The van der Waals surface area contributed by atoms with Crippen molar-refractivity contribution in [1.29, 1.82) is 0 Å². The largest absolute Gasteiger partial charge is 0.364 e. The monoisotopic (exact) mass is 206 g/mol. The predicted molar refractivity (Wildman–Crippen MR) is 57.2 cm³/mol. The first-order chi connectivity index (χ1) is 7.13. The van der Waals surface area contributed by atoms with Gasteiger partial charge in [0, 0.05) is 19.6 Å². The van der Waals surface area contributed by atoms with Crippen LogP contribution in [0, 0.1) is 0 Å². The van der Waals surface area contributed by atoms with Crippen molar-refractivity contribution in [3.8, 4) is 0 Å². The van der Waals surface area contributed by atoms with Crippen LogP contribution in [0.5, 0.6) is 0 Å². The van der Waals surface area contributed by atoms with Gasteiger partial charge in [-0.2, -0.15) is 0 Å². The van der Waals surface area contributed by atoms with Gasteiger partial charge in [0.1, 0.15) is 5.82 Å². The summed E-state index contributed by atoms with van der Waals surface area (Å²) in [6, 6.07) is 0. The first kappa shape index (κ1) is 9.92. The minimum absolute atomic E-state index is 0.372. The van der Waals surface area contributed by atoms with E-state index in [1.54, 1.807) is 6.08 Å². The second-order valence-electron chi connectivity index (χ2n) is 3.72. The zero-order valence-corrected chi connectivity index (χ0v) is 8.73. The Balaban J connectivity index is 2.54. The van der Waals surface area contributed by atoms with E-state index in [2.05, 4.69) is 16.5 Å². The summed E-state index contributed by atoms with van der Waals surface area (Å²) in [6.07, 6.45) is 1.65. The summed E-state index contributed by atoms with van der Waals surface area (Å²) in [5.41, 5.74) is 6.55. The Kier molecular flexibility index (Phi) is 2.32. The maximum absolute atomic E-state index is 11.2. The molecule has 15 heavy (non-hydrogen) atoms. The van der Waals surface area contributed by atoms with Crippen LogP contribution in [-0.4, -0.2) is 34.0 Å². The molecular weight excluding hydrogens is 192 g/mol. The number of nitrogens with two attached hydrogens (primary N) is 1. The van der Waals surface area contributed by atoms with Crippen LogP contribution in [-0.2, 0) is 13.1 Å². The zero-order valence-electron chi connectivity index (χ0n) is 8.73. The average Bonchev–Trinajstić information content (AvgIpc) is 2.55. The molecule has 1 aliphatic heterocycles. The lowest BCUT2D eigenvalue weighted by atomic mass is 10.2. The third-order valence-corrected chi connectivity index (χ3v) is 2.64. The van der Waals surface area contributed by atoms with E-state index < -0.39 is 5.91 Å². The number of carbonyl (C=O) groups is 1. The highest BCUT2D eigenvalue weighted by molar-refractivity contribution is 5.92. The highest BCUT2D eigenvalue weighted by atomic mass is 16.1. The molecule has 5 heteroatoms. The number of nitrogens with zero attached hydrogens (tertiary/aromatic N) is 3. The second kappa shape index (κ2) is 3.51. The SMILES string of the molecule is C=Cc1nc(C(N)=O)c2n1CCN(C)C2. The second-order valence-corrected chi connectivity index (χ2v) is 3.72. The van der Waals surface area contributed by atoms with E-state index in [1.807, 2.05) is 11.6 Å². The van der Waals surface area contributed by atoms with Crippen molar-refractivity contribution in [2.24, 2.45) is 5.73 Å². The molecule has 0 saturated carbocycles. The fourth-order valence-corrected chi connectivity index (χ4v) is 1.87. The van der Waals surface area contributed by atoms with Crippen LogP contribution in [0.25, 0.3) is 6.08 Å². The Labute approximate surface area is 88.2 Å². The van der Waals surface area contributed by atoms with Crippen LogP contribution < -0.4 is 5.73 Å². The zero-order chi connectivity index (χ0) is 11.0. The van der Waals surface area contributed by atoms with Crippen molar-refractivity contribution in [3.63, 3.8) is 0 Å². The van der Waals surface area contributed by atoms with E-state index in [0.29, 0.717) is 12.2 Å². The summed E-state index contributed by atoms with van der Waals surface area (Å²) in [6.45, 7) is 6.16. The number of hydrogen-bond donors (Lipinski definition) is 1. The van der Waals surface area contributed by atoms with E-state index in [9.17, 15) is 4.79 Å². The molecule has 2 N–H and O–H groups in total. The molecule has 80 valence electrons. The molecule has 0 bridgehead atoms. The lowest BCUT2D eigenvalue weighted by Crippen LogP contribution is -2.32. The summed E-state index contributed by atoms with van der Waals surface area (Å²) >= 11 is 0. The van der Waals surface area contributed by atoms with E-state index in [4.69, 9.17) is 5.73 Å². The van der Waals surface area contributed by atoms with Crippen LogP contribution in [0.2, 0.25) is 0 Å². The van der Waals surface area contributed by atoms with E-state index in [0.717, 1.165) is 24.6 Å². The number of likely N-dealkylation sites (N-methyl/N-ethyl adjacent to an activating group) is 1. The molecule has 1 aromatic rings. The fraction of sp³-hybridized carbons (Fsp3) is 0.400. The molecule has 0 spiro atoms. The highest BCUT2D eigenvalue weighted by Crippen LogP contribution is 2.18. The third-order valence-electron chi connectivity index (χ3n) is 2.64. The van der Waals surface area contributed by atoms with E-state index in [1.165, 1.54) is 0 Å². The van der Waals surface area contributed by atoms with E-state index in [-0.39, 0.29) is 0 Å². The third kappa shape index (κ3) is 1.55. The Morgan fingerprint density at radius 3 is 2.93 bits per heavy atom. The molecule has 0 unspecified atom stereocenters. The van der Waals surface area contributed by atoms with Gasteiger partial charge in [-0.05, 0) is 13.1 Å². The number of primary amides is 1. The standard InChI is InChI=1S/C10H14N4O/c1-3-8-12-9(10(11)15)7-6-13(2)4-5-14(7)8/h3H,1,4-6H2,2H3,(H2,11,15). The van der Waals surface area contributed by atoms with Gasteiger partial charge < -0.3 is 10.3 Å². The number of imidazole rings is 1. The van der Waals surface area contributed by atoms with Crippen molar-refractivity contribution >= 4 is 12.0 Å². The summed E-state index contributed by atoms with van der Waals surface area (Å²) in [4.78, 5) is 17.5. The number of hydrogen-bond acceptors (Lipinski definition) is 3. The van der Waals surface area contributed by atoms with Crippen molar-refractivity contribution in [1.82, 2.24) is 14.5 Å². The number of carbonyl (C=O) groups excluding carboxylic acids is 1. The molecule has 1 aliphatic rings. The summed E-state index contributed by atoms with van der Waals surface area (Å²) in [5, 5.41) is 0. The van der Waals surface area contributed by atoms with Crippen LogP contribution in [0.15, 0.2) is 6.58 Å². The average molecular weight is 206 g/mol. The fourth-order valence-electron chi connectivity index (χ4n) is 1.87. The molecule has 0 aliphatic carbocycles. The molecule has 0 atom stereocenters. The molecule has 0 saturated heterocycles. The van der Waals surface area contributed by atoms with Crippen molar-refractivity contribution in [2.45, 2.75) is 13.1 Å². The first-order valence-corrected chi connectivity index (χ1v) is 4.83. The van der Waals surface area contributed by atoms with Crippen LogP contribution in [0.3, 0.4) is 0 Å². The lowest BCUT2D eigenvalue weighted by Gasteiger charge is -2.25. The van der Waals surface area contributed by atoms with E-state index >= 15 is 0 Å². The highest BCUT2D eigenvalue weighted by Gasteiger charge is 2.23. The molecular formula is C10H14N4O. The van der Waals surface area contributed by atoms with Gasteiger partial charge in [-0.3, -0.25) is 9.69 Å². The Morgan fingerprint density at radius 2 is 2.33 bits per heavy atom. The molecule has 0 fully saturated rings. The summed E-state index contributed by atoms with van der Waals surface area (Å²) in [7, 11) is 2.01. The van der Waals surface area contributed by atoms with Gasteiger partial charge in [-0.15, -0.1) is 0 Å². The van der Waals surface area contributed by atoms with Gasteiger partial charge in [0.2, 0.25) is 0 Å². The normalized spacial score (nSPS) is 16.1. The van der Waals surface area contributed by atoms with Crippen LogP contribution in [0.4, 0.5) is 0 Å². The van der Waals surface area contributed by atoms with Gasteiger partial charge in [-0.25, -0.2) is 4.98 Å². The molecule has 2 heterocycles. The molecule has 1 amide bonds. The Morgan fingerprint density at radius 1 is 1.60 bits per heavy atom. The summed E-state index contributed by atoms with van der Waals surface area (Å²) in [5.74, 6) is 0.258. The Hall–Kier alpha value is -1.62. The summed E-state index contributed by atoms with van der Waals surface area (Å²) < 4.78 is 2.01. The van der Waals surface area contributed by atoms with Crippen LogP contribution in [0.1, 0.15) is 22.0 Å². The lowest BCUT2D eigenvalue weighted by molar-refractivity contribution is 0.0993. The molecule has 5 nitrogen and oxygen atoms in total. The predicted octanol–water partition coefficient (Wildman–Crippen LogP) is 0.0704. The number of aromatic nitrogens is 2. The van der Waals surface area contributed by atoms with Gasteiger partial charge in [0.25, 0.3) is 5.91 Å². The van der Waals surface area contributed by atoms with Gasteiger partial charge >= 0.3 is 0 Å². The minimum Gasteiger partial charge on any atom is -0.364 e. The van der Waals surface area contributed by atoms with Gasteiger partial charge in [0.05, 0.1) is 5.69 Å². The molecule has 1 aromatic heterocycles. The molecule has 0 aromatic carbocycles. The quantitative estimate of drug-likeness (QED) is 0.744. The van der Waals surface area contributed by atoms with Crippen molar-refractivity contribution in [3.05, 3.63) is 23.8 Å². The smallest absolute Gasteiger partial charge is 0.269 e. The Bertz CT molecular complexity index is 421. The minimum atomic E-state index is -0.470. The maximum atomic E-state index is 11.2. The van der Waals surface area contributed by atoms with Crippen molar-refractivity contribution in [2.75, 3.05) is 13.6 Å². The first-order valence-electron chi connectivity index (χ1n) is 4.83. The molecule has 2 rings (SSSR count). The van der Waals surface area contributed by atoms with Crippen molar-refractivity contribution < 1.29 is 4.79 Å². The maximum Gasteiger partial charge on any atom is 0.269 e. The van der Waals surface area contributed by atoms with Gasteiger partial charge in [-0.1, -0.05) is 6.58 Å². The topological polar surface area (TPSA) is 64.1 Å². The van der Waals surface area contributed by atoms with Gasteiger partial charge in [0.15, 0.2) is 5.69 Å².